The number of hydrogen-bond donors (Lipinski definition) is 1. The summed E-state index contributed by atoms with van der Waals surface area (Å²) in [5.74, 6) is -1.02. The molecular weight excluding hydrogens is 389 g/mol. The van der Waals surface area contributed by atoms with Gasteiger partial charge in [0.2, 0.25) is 0 Å². The highest BCUT2D eigenvalue weighted by Crippen LogP contribution is 2.40. The van der Waals surface area contributed by atoms with Gasteiger partial charge in [-0.25, -0.2) is 4.39 Å². The minimum Gasteiger partial charge on any atom is -0.363 e. The number of nitrogens with zero attached hydrogens (tertiary/aromatic N) is 2. The maximum Gasteiger partial charge on any atom is 0.266 e. The molecule has 1 aliphatic heterocycles. The van der Waals surface area contributed by atoms with Crippen LogP contribution in [0.4, 0.5) is 15.8 Å². The molecule has 2 aromatic carbocycles. The van der Waals surface area contributed by atoms with Crippen LogP contribution >= 0.6 is 0 Å². The molecule has 0 aliphatic carbocycles. The quantitative estimate of drug-likeness (QED) is 0.490. The third kappa shape index (κ3) is 4.25. The normalized spacial score (nSPS) is 15.1. The first kappa shape index (κ1) is 22.3. The molecule has 0 bridgehead atoms. The van der Waals surface area contributed by atoms with Crippen LogP contribution < -0.4 is 10.2 Å². The largest absolute Gasteiger partial charge is 0.363 e. The summed E-state index contributed by atoms with van der Waals surface area (Å²) in [5.41, 5.74) is 5.21. The van der Waals surface area contributed by atoms with Gasteiger partial charge in [-0.15, -0.1) is 0 Å². The molecule has 1 N–H and O–H groups in total. The Morgan fingerprint density at radius 2 is 1.97 bits per heavy atom. The summed E-state index contributed by atoms with van der Waals surface area (Å²) in [6, 6.07) is 10.7. The van der Waals surface area contributed by atoms with Gasteiger partial charge in [-0.1, -0.05) is 18.2 Å². The molecule has 4 nitrogen and oxygen atoms in total. The summed E-state index contributed by atoms with van der Waals surface area (Å²) in [6.07, 6.45) is 3.47. The summed E-state index contributed by atoms with van der Waals surface area (Å²) >= 11 is 0. The number of benzene rings is 2. The standard InChI is InChI=1S/C26H28FN3O/c1-7-30-24-13-22(27)19(12-21(24)17(3)14-26(30,5)6)11-20(15-28)25(31)29-23-10-8-9-16(2)18(23)4/h8-14H,7H2,1-6H3,(H,29,31)/b20-11+. The Hall–Kier alpha value is -3.39. The van der Waals surface area contributed by atoms with Crippen LogP contribution in [0, 0.1) is 31.0 Å². The number of nitriles is 1. The molecule has 0 spiro atoms. The molecule has 0 saturated carbocycles. The summed E-state index contributed by atoms with van der Waals surface area (Å²) in [6.45, 7) is 12.8. The van der Waals surface area contributed by atoms with Gasteiger partial charge in [0.25, 0.3) is 5.91 Å². The summed E-state index contributed by atoms with van der Waals surface area (Å²) in [7, 11) is 0. The SMILES string of the molecule is CCN1c2cc(F)c(/C=C(\C#N)C(=O)Nc3cccc(C)c3C)cc2C(C)=CC1(C)C. The van der Waals surface area contributed by atoms with Crippen molar-refractivity contribution >= 4 is 28.9 Å². The number of carbonyl (C=O) groups excluding carboxylic acids is 1. The number of halogens is 1. The maximum atomic E-state index is 15.0. The van der Waals surface area contributed by atoms with E-state index >= 15 is 4.39 Å². The molecule has 160 valence electrons. The van der Waals surface area contributed by atoms with Gasteiger partial charge >= 0.3 is 0 Å². The highest BCUT2D eigenvalue weighted by Gasteiger charge is 2.31. The zero-order valence-electron chi connectivity index (χ0n) is 18.9. The number of nitrogens with one attached hydrogen (secondary N) is 1. The first-order valence-corrected chi connectivity index (χ1v) is 10.4. The van der Waals surface area contributed by atoms with Crippen molar-refractivity contribution in [3.8, 4) is 6.07 Å². The van der Waals surface area contributed by atoms with Crippen LogP contribution in [-0.4, -0.2) is 18.0 Å². The van der Waals surface area contributed by atoms with Gasteiger partial charge in [-0.3, -0.25) is 4.79 Å². The van der Waals surface area contributed by atoms with Crippen molar-refractivity contribution in [1.29, 1.82) is 5.26 Å². The molecule has 0 fully saturated rings. The molecule has 3 rings (SSSR count). The van der Waals surface area contributed by atoms with Gasteiger partial charge in [0.1, 0.15) is 17.5 Å². The molecule has 1 heterocycles. The van der Waals surface area contributed by atoms with E-state index in [-0.39, 0.29) is 16.7 Å². The van der Waals surface area contributed by atoms with Crippen molar-refractivity contribution in [2.75, 3.05) is 16.8 Å². The van der Waals surface area contributed by atoms with Gasteiger partial charge in [-0.2, -0.15) is 5.26 Å². The Labute approximate surface area is 183 Å². The maximum absolute atomic E-state index is 15.0. The van der Waals surface area contributed by atoms with Gasteiger partial charge in [-0.05, 0) is 82.5 Å². The fourth-order valence-corrected chi connectivity index (χ4v) is 4.18. The number of carbonyl (C=O) groups is 1. The lowest BCUT2D eigenvalue weighted by Gasteiger charge is -2.42. The van der Waals surface area contributed by atoms with E-state index in [0.29, 0.717) is 5.69 Å². The van der Waals surface area contributed by atoms with E-state index in [1.165, 1.54) is 12.1 Å². The van der Waals surface area contributed by atoms with Crippen LogP contribution in [0.5, 0.6) is 0 Å². The number of likely N-dealkylation sites (N-methyl/N-ethyl adjacent to an activating group) is 1. The lowest BCUT2D eigenvalue weighted by molar-refractivity contribution is -0.112. The van der Waals surface area contributed by atoms with Crippen molar-refractivity contribution in [3.05, 3.63) is 70.1 Å². The first-order chi connectivity index (χ1) is 14.6. The van der Waals surface area contributed by atoms with E-state index in [0.717, 1.165) is 34.5 Å². The Kier molecular flexibility index (Phi) is 6.03. The van der Waals surface area contributed by atoms with Crippen LogP contribution in [0.3, 0.4) is 0 Å². The van der Waals surface area contributed by atoms with E-state index in [9.17, 15) is 10.1 Å². The summed E-state index contributed by atoms with van der Waals surface area (Å²) in [4.78, 5) is 14.9. The summed E-state index contributed by atoms with van der Waals surface area (Å²) < 4.78 is 15.0. The molecule has 0 aromatic heterocycles. The monoisotopic (exact) mass is 417 g/mol. The Morgan fingerprint density at radius 1 is 1.26 bits per heavy atom. The minimum atomic E-state index is -0.558. The average molecular weight is 418 g/mol. The van der Waals surface area contributed by atoms with Crippen molar-refractivity contribution in [3.63, 3.8) is 0 Å². The minimum absolute atomic E-state index is 0.148. The Morgan fingerprint density at radius 3 is 2.61 bits per heavy atom. The fraction of sp³-hybridized carbons (Fsp3) is 0.308. The van der Waals surface area contributed by atoms with Crippen LogP contribution in [0.2, 0.25) is 0 Å². The first-order valence-electron chi connectivity index (χ1n) is 10.4. The average Bonchev–Trinajstić information content (AvgIpc) is 2.69. The van der Waals surface area contributed by atoms with Crippen LogP contribution in [0.25, 0.3) is 11.6 Å². The zero-order valence-corrected chi connectivity index (χ0v) is 18.9. The van der Waals surface area contributed by atoms with Gasteiger partial charge < -0.3 is 10.2 Å². The van der Waals surface area contributed by atoms with Gasteiger partial charge in [0, 0.05) is 29.0 Å². The molecule has 1 aliphatic rings. The predicted molar refractivity (Wildman–Crippen MR) is 125 cm³/mol. The fourth-order valence-electron chi connectivity index (χ4n) is 4.18. The highest BCUT2D eigenvalue weighted by atomic mass is 19.1. The molecule has 0 radical (unpaired) electrons. The van der Waals surface area contributed by atoms with Crippen molar-refractivity contribution in [1.82, 2.24) is 0 Å². The lowest BCUT2D eigenvalue weighted by Crippen LogP contribution is -2.45. The number of aryl methyl sites for hydroxylation is 1. The lowest BCUT2D eigenvalue weighted by atomic mass is 9.87. The molecule has 2 aromatic rings. The van der Waals surface area contributed by atoms with Gasteiger partial charge in [0.05, 0.1) is 5.54 Å². The molecule has 1 amide bonds. The second-order valence-corrected chi connectivity index (χ2v) is 8.49. The van der Waals surface area contributed by atoms with E-state index < -0.39 is 11.7 Å². The van der Waals surface area contributed by atoms with Crippen molar-refractivity contribution < 1.29 is 9.18 Å². The number of allylic oxidation sites excluding steroid dienone is 1. The number of anilines is 2. The molecule has 31 heavy (non-hydrogen) atoms. The Balaban J connectivity index is 2.01. The van der Waals surface area contributed by atoms with E-state index in [1.54, 1.807) is 12.1 Å². The topological polar surface area (TPSA) is 56.1 Å². The zero-order chi connectivity index (χ0) is 22.9. The molecule has 0 atom stereocenters. The highest BCUT2D eigenvalue weighted by molar-refractivity contribution is 6.10. The van der Waals surface area contributed by atoms with Crippen molar-refractivity contribution in [2.24, 2.45) is 0 Å². The number of rotatable bonds is 4. The van der Waals surface area contributed by atoms with E-state index in [4.69, 9.17) is 0 Å². The predicted octanol–water partition coefficient (Wildman–Crippen LogP) is 6.01. The Bertz CT molecular complexity index is 1150. The number of amides is 1. The number of hydrogen-bond acceptors (Lipinski definition) is 3. The molecular formula is C26H28FN3O. The van der Waals surface area contributed by atoms with E-state index in [2.05, 4.69) is 30.1 Å². The molecule has 0 saturated heterocycles. The molecule has 5 heteroatoms. The third-order valence-corrected chi connectivity index (χ3v) is 5.93. The van der Waals surface area contributed by atoms with Crippen LogP contribution in [0.1, 0.15) is 49.9 Å². The van der Waals surface area contributed by atoms with Crippen LogP contribution in [-0.2, 0) is 4.79 Å². The second kappa shape index (κ2) is 8.39. The van der Waals surface area contributed by atoms with E-state index in [1.807, 2.05) is 45.9 Å². The third-order valence-electron chi connectivity index (χ3n) is 5.93. The summed E-state index contributed by atoms with van der Waals surface area (Å²) in [5, 5.41) is 12.3. The number of fused-ring (bicyclic) bond motifs is 1. The smallest absolute Gasteiger partial charge is 0.266 e. The van der Waals surface area contributed by atoms with Crippen LogP contribution in [0.15, 0.2) is 42.0 Å². The van der Waals surface area contributed by atoms with Gasteiger partial charge in [0.15, 0.2) is 0 Å². The molecule has 0 unspecified atom stereocenters. The second-order valence-electron chi connectivity index (χ2n) is 8.49. The van der Waals surface area contributed by atoms with Crippen molar-refractivity contribution in [2.45, 2.75) is 47.1 Å².